The molecule has 1 N–H and O–H groups in total. The number of rotatable bonds is 4. The van der Waals surface area contributed by atoms with Gasteiger partial charge in [-0.3, -0.25) is 0 Å². The van der Waals surface area contributed by atoms with Crippen molar-refractivity contribution in [3.8, 4) is 17.6 Å². The second kappa shape index (κ2) is 6.33. The summed E-state index contributed by atoms with van der Waals surface area (Å²) in [7, 11) is -2.49. The maximum atomic E-state index is 12.4. The minimum atomic E-state index is -3.94. The van der Waals surface area contributed by atoms with Crippen LogP contribution in [0.15, 0.2) is 58.3 Å². The zero-order valence-corrected chi connectivity index (χ0v) is 12.5. The van der Waals surface area contributed by atoms with Crippen LogP contribution in [0.1, 0.15) is 5.56 Å². The van der Waals surface area contributed by atoms with Crippen LogP contribution in [0.2, 0.25) is 0 Å². The highest BCUT2D eigenvalue weighted by Crippen LogP contribution is 2.28. The molecule has 0 radical (unpaired) electrons. The van der Waals surface area contributed by atoms with E-state index in [2.05, 4.69) is 0 Å². The quantitative estimate of drug-likeness (QED) is 0.877. The number of sulfone groups is 1. The van der Waals surface area contributed by atoms with Crippen molar-refractivity contribution in [2.24, 2.45) is 0 Å². The lowest BCUT2D eigenvalue weighted by atomic mass is 10.2. The van der Waals surface area contributed by atoms with Crippen molar-refractivity contribution >= 4 is 15.9 Å². The fourth-order valence-electron chi connectivity index (χ4n) is 1.81. The van der Waals surface area contributed by atoms with E-state index in [-0.39, 0.29) is 16.2 Å². The van der Waals surface area contributed by atoms with Crippen LogP contribution in [-0.2, 0) is 9.84 Å². The number of phenols is 1. The third kappa shape index (κ3) is 3.10. The van der Waals surface area contributed by atoms with Crippen LogP contribution in [0.5, 0.6) is 11.5 Å². The molecule has 0 heterocycles. The van der Waals surface area contributed by atoms with E-state index in [0.29, 0.717) is 5.75 Å². The van der Waals surface area contributed by atoms with Crippen molar-refractivity contribution in [2.75, 3.05) is 7.11 Å². The summed E-state index contributed by atoms with van der Waals surface area (Å²) in [4.78, 5) is -0.438. The molecule has 2 rings (SSSR count). The Morgan fingerprint density at radius 3 is 2.50 bits per heavy atom. The summed E-state index contributed by atoms with van der Waals surface area (Å²) in [5.74, 6) is 0.301. The Kier molecular flexibility index (Phi) is 4.49. The molecule has 0 saturated carbocycles. The highest BCUT2D eigenvalue weighted by Gasteiger charge is 2.21. The number of hydrogen-bond acceptors (Lipinski definition) is 5. The first-order chi connectivity index (χ1) is 10.5. The molecule has 0 unspecified atom stereocenters. The molecular formula is C16H13NO4S. The van der Waals surface area contributed by atoms with Gasteiger partial charge in [-0.25, -0.2) is 8.42 Å². The van der Waals surface area contributed by atoms with E-state index in [1.807, 2.05) is 0 Å². The van der Waals surface area contributed by atoms with E-state index in [9.17, 15) is 18.8 Å². The summed E-state index contributed by atoms with van der Waals surface area (Å²) >= 11 is 0. The molecule has 0 fully saturated rings. The highest BCUT2D eigenvalue weighted by molar-refractivity contribution is 7.95. The summed E-state index contributed by atoms with van der Waals surface area (Å²) in [6.45, 7) is 0. The van der Waals surface area contributed by atoms with E-state index < -0.39 is 14.7 Å². The fourth-order valence-corrected chi connectivity index (χ4v) is 2.98. The number of hydrogen-bond donors (Lipinski definition) is 1. The van der Waals surface area contributed by atoms with Gasteiger partial charge in [-0.05, 0) is 36.4 Å². The predicted molar refractivity (Wildman–Crippen MR) is 81.9 cm³/mol. The van der Waals surface area contributed by atoms with E-state index >= 15 is 0 Å². The fraction of sp³-hybridized carbons (Fsp3) is 0.0625. The van der Waals surface area contributed by atoms with E-state index in [1.165, 1.54) is 37.4 Å². The first-order valence-corrected chi connectivity index (χ1v) is 7.76. The van der Waals surface area contributed by atoms with Gasteiger partial charge in [0, 0.05) is 5.56 Å². The number of nitriles is 1. The smallest absolute Gasteiger partial charge is 0.216 e. The Labute approximate surface area is 128 Å². The third-order valence-electron chi connectivity index (χ3n) is 2.97. The second-order valence-corrected chi connectivity index (χ2v) is 6.28. The normalized spacial score (nSPS) is 11.7. The Morgan fingerprint density at radius 1 is 1.23 bits per heavy atom. The molecule has 2 aromatic rings. The van der Waals surface area contributed by atoms with Crippen LogP contribution in [0.4, 0.5) is 0 Å². The molecule has 22 heavy (non-hydrogen) atoms. The molecule has 0 amide bonds. The van der Waals surface area contributed by atoms with Crippen molar-refractivity contribution in [2.45, 2.75) is 4.90 Å². The standard InChI is InChI=1S/C16H13NO4S/c1-21-13-7-8-16(18)12(9-13)10-15(11-17)22(19,20)14-5-3-2-4-6-14/h2-10,18H,1H3. The van der Waals surface area contributed by atoms with Gasteiger partial charge in [0.2, 0.25) is 9.84 Å². The van der Waals surface area contributed by atoms with E-state index in [1.54, 1.807) is 24.3 Å². The Bertz CT molecular complexity index is 849. The van der Waals surface area contributed by atoms with Gasteiger partial charge in [-0.15, -0.1) is 0 Å². The zero-order chi connectivity index (χ0) is 16.2. The van der Waals surface area contributed by atoms with Crippen molar-refractivity contribution in [3.63, 3.8) is 0 Å². The number of ether oxygens (including phenoxy) is 1. The van der Waals surface area contributed by atoms with Crippen LogP contribution in [0.3, 0.4) is 0 Å². The molecule has 0 saturated heterocycles. The molecule has 6 heteroatoms. The molecule has 0 aliphatic carbocycles. The van der Waals surface area contributed by atoms with Crippen LogP contribution in [-0.4, -0.2) is 20.6 Å². The van der Waals surface area contributed by atoms with Gasteiger partial charge in [0.25, 0.3) is 0 Å². The minimum Gasteiger partial charge on any atom is -0.507 e. The molecule has 0 aliphatic rings. The third-order valence-corrected chi connectivity index (χ3v) is 4.66. The van der Waals surface area contributed by atoms with Crippen molar-refractivity contribution in [1.29, 1.82) is 5.26 Å². The van der Waals surface area contributed by atoms with Gasteiger partial charge >= 0.3 is 0 Å². The Morgan fingerprint density at radius 2 is 1.91 bits per heavy atom. The highest BCUT2D eigenvalue weighted by atomic mass is 32.2. The number of benzene rings is 2. The molecule has 0 bridgehead atoms. The van der Waals surface area contributed by atoms with Gasteiger partial charge < -0.3 is 9.84 Å². The lowest BCUT2D eigenvalue weighted by Crippen LogP contribution is -2.03. The van der Waals surface area contributed by atoms with Crippen LogP contribution in [0, 0.1) is 11.3 Å². The monoisotopic (exact) mass is 315 g/mol. The second-order valence-electron chi connectivity index (χ2n) is 4.36. The summed E-state index contributed by atoms with van der Waals surface area (Å²) in [6, 6.07) is 13.7. The zero-order valence-electron chi connectivity index (χ0n) is 11.7. The maximum absolute atomic E-state index is 12.4. The van der Waals surface area contributed by atoms with Gasteiger partial charge in [0.05, 0.1) is 12.0 Å². The molecule has 0 spiro atoms. The molecule has 0 atom stereocenters. The summed E-state index contributed by atoms with van der Waals surface area (Å²) in [5.41, 5.74) is 0.190. The predicted octanol–water partition coefficient (Wildman–Crippen LogP) is 2.74. The SMILES string of the molecule is COc1ccc(O)c(C=C(C#N)S(=O)(=O)c2ccccc2)c1. The van der Waals surface area contributed by atoms with Gasteiger partial charge in [0.1, 0.15) is 22.5 Å². The number of methoxy groups -OCH3 is 1. The number of nitrogens with zero attached hydrogens (tertiary/aromatic N) is 1. The Balaban J connectivity index is 2.56. The Hall–Kier alpha value is -2.78. The molecule has 5 nitrogen and oxygen atoms in total. The number of phenolic OH excluding ortho intramolecular Hbond substituents is 1. The van der Waals surface area contributed by atoms with Crippen molar-refractivity contribution in [3.05, 3.63) is 59.0 Å². The molecular weight excluding hydrogens is 302 g/mol. The molecule has 0 aliphatic heterocycles. The average Bonchev–Trinajstić information content (AvgIpc) is 2.54. The number of aromatic hydroxyl groups is 1. The largest absolute Gasteiger partial charge is 0.507 e. The van der Waals surface area contributed by atoms with Crippen LogP contribution >= 0.6 is 0 Å². The molecule has 112 valence electrons. The van der Waals surface area contributed by atoms with E-state index in [4.69, 9.17) is 4.74 Å². The average molecular weight is 315 g/mol. The van der Waals surface area contributed by atoms with Crippen LogP contribution < -0.4 is 4.74 Å². The minimum absolute atomic E-state index is 0.0187. The van der Waals surface area contributed by atoms with Gasteiger partial charge in [0.15, 0.2) is 0 Å². The first-order valence-electron chi connectivity index (χ1n) is 6.28. The lowest BCUT2D eigenvalue weighted by Gasteiger charge is -2.06. The van der Waals surface area contributed by atoms with E-state index in [0.717, 1.165) is 6.08 Å². The summed E-state index contributed by atoms with van der Waals surface area (Å²) in [6.07, 6.45) is 1.13. The van der Waals surface area contributed by atoms with Crippen LogP contribution in [0.25, 0.3) is 6.08 Å². The summed E-state index contributed by atoms with van der Waals surface area (Å²) < 4.78 is 29.9. The summed E-state index contributed by atoms with van der Waals surface area (Å²) in [5, 5.41) is 19.0. The lowest BCUT2D eigenvalue weighted by molar-refractivity contribution is 0.412. The van der Waals surface area contributed by atoms with Crippen molar-refractivity contribution in [1.82, 2.24) is 0 Å². The molecule has 0 aromatic heterocycles. The first kappa shape index (κ1) is 15.6. The topological polar surface area (TPSA) is 87.4 Å². The maximum Gasteiger partial charge on any atom is 0.216 e. The van der Waals surface area contributed by atoms with Gasteiger partial charge in [-0.2, -0.15) is 5.26 Å². The van der Waals surface area contributed by atoms with Gasteiger partial charge in [-0.1, -0.05) is 18.2 Å². The number of allylic oxidation sites excluding steroid dienone is 1. The van der Waals surface area contributed by atoms with Crippen molar-refractivity contribution < 1.29 is 18.3 Å². The molecule has 2 aromatic carbocycles.